The average Bonchev–Trinajstić information content (AvgIpc) is 2.71. The molecule has 0 radical (unpaired) electrons. The summed E-state index contributed by atoms with van der Waals surface area (Å²) in [4.78, 5) is 28.0. The number of hydrogen-bond acceptors (Lipinski definition) is 5. The highest BCUT2D eigenvalue weighted by atomic mass is 32.2. The zero-order valence-corrected chi connectivity index (χ0v) is 15.9. The molecule has 0 aliphatic heterocycles. The summed E-state index contributed by atoms with van der Waals surface area (Å²) in [5.41, 5.74) is 1.11. The fourth-order valence-corrected chi connectivity index (χ4v) is 3.48. The molecule has 1 heterocycles. The van der Waals surface area contributed by atoms with Crippen molar-refractivity contribution in [2.75, 3.05) is 18.4 Å². The number of nitrogens with one attached hydrogen (secondary N) is 3. The van der Waals surface area contributed by atoms with E-state index in [0.29, 0.717) is 11.2 Å². The number of carbonyl (C=O) groups is 2. The Balaban J connectivity index is 1.51. The molecule has 150 valence electrons. The summed E-state index contributed by atoms with van der Waals surface area (Å²) in [5.74, 6) is -1.76. The molecule has 8 nitrogen and oxygen atoms in total. The van der Waals surface area contributed by atoms with Crippen molar-refractivity contribution >= 4 is 38.4 Å². The van der Waals surface area contributed by atoms with E-state index in [4.69, 9.17) is 0 Å². The van der Waals surface area contributed by atoms with Gasteiger partial charge in [0, 0.05) is 11.6 Å². The van der Waals surface area contributed by atoms with Crippen LogP contribution in [0, 0.1) is 5.82 Å². The Morgan fingerprint density at radius 1 is 0.931 bits per heavy atom. The molecule has 0 saturated carbocycles. The third-order valence-corrected chi connectivity index (χ3v) is 5.32. The molecule has 3 N–H and O–H groups in total. The maximum atomic E-state index is 12.9. The van der Waals surface area contributed by atoms with Crippen LogP contribution in [-0.4, -0.2) is 38.3 Å². The minimum atomic E-state index is -3.97. The van der Waals surface area contributed by atoms with Crippen molar-refractivity contribution in [3.8, 4) is 0 Å². The van der Waals surface area contributed by atoms with Crippen LogP contribution in [0.3, 0.4) is 0 Å². The third-order valence-electron chi connectivity index (χ3n) is 3.90. The summed E-state index contributed by atoms with van der Waals surface area (Å²) < 4.78 is 39.1. The topological polar surface area (TPSA) is 117 Å². The molecule has 0 saturated heterocycles. The lowest BCUT2D eigenvalue weighted by atomic mass is 10.2. The summed E-state index contributed by atoms with van der Waals surface area (Å²) in [6.07, 6.45) is 1.60. The normalized spacial score (nSPS) is 11.2. The van der Waals surface area contributed by atoms with Crippen LogP contribution < -0.4 is 15.4 Å². The molecule has 2 aromatic carbocycles. The highest BCUT2D eigenvalue weighted by Crippen LogP contribution is 2.20. The number of fused-ring (bicyclic) bond motifs is 1. The molecule has 10 heteroatoms. The van der Waals surface area contributed by atoms with Crippen molar-refractivity contribution in [3.63, 3.8) is 0 Å². The van der Waals surface area contributed by atoms with E-state index in [0.717, 1.165) is 29.7 Å². The summed E-state index contributed by atoms with van der Waals surface area (Å²) in [6.45, 7) is -0.914. The highest BCUT2D eigenvalue weighted by Gasteiger charge is 2.16. The lowest BCUT2D eigenvalue weighted by Crippen LogP contribution is -2.40. The Kier molecular flexibility index (Phi) is 6.15. The van der Waals surface area contributed by atoms with Gasteiger partial charge in [0.1, 0.15) is 5.82 Å². The van der Waals surface area contributed by atoms with Gasteiger partial charge in [-0.2, -0.15) is 0 Å². The van der Waals surface area contributed by atoms with Gasteiger partial charge in [-0.3, -0.25) is 14.6 Å². The van der Waals surface area contributed by atoms with Gasteiger partial charge in [-0.15, -0.1) is 0 Å². The predicted octanol–water partition coefficient (Wildman–Crippen LogP) is 1.41. The van der Waals surface area contributed by atoms with Gasteiger partial charge in [0.25, 0.3) is 0 Å². The van der Waals surface area contributed by atoms with Crippen LogP contribution in [0.1, 0.15) is 0 Å². The van der Waals surface area contributed by atoms with Gasteiger partial charge >= 0.3 is 0 Å². The molecule has 0 aliphatic rings. The van der Waals surface area contributed by atoms with Gasteiger partial charge in [0.05, 0.1) is 29.2 Å². The van der Waals surface area contributed by atoms with Crippen LogP contribution in [0.2, 0.25) is 0 Å². The Bertz CT molecular complexity index is 1150. The van der Waals surface area contributed by atoms with Crippen molar-refractivity contribution in [2.45, 2.75) is 4.90 Å². The van der Waals surface area contributed by atoms with E-state index in [1.165, 1.54) is 0 Å². The fourth-order valence-electron chi connectivity index (χ4n) is 2.50. The molecule has 0 bridgehead atoms. The molecule has 0 atom stereocenters. The van der Waals surface area contributed by atoms with E-state index in [9.17, 15) is 22.4 Å². The number of sulfonamides is 1. The summed E-state index contributed by atoms with van der Waals surface area (Å²) in [7, 11) is -3.97. The first-order valence-electron chi connectivity index (χ1n) is 8.51. The molecule has 0 unspecified atom stereocenters. The average molecular weight is 416 g/mol. The summed E-state index contributed by atoms with van der Waals surface area (Å²) in [5, 5.41) is 5.83. The molecule has 0 aliphatic carbocycles. The van der Waals surface area contributed by atoms with Crippen molar-refractivity contribution in [1.82, 2.24) is 15.0 Å². The Labute approximate surface area is 166 Å². The predicted molar refractivity (Wildman–Crippen MR) is 105 cm³/mol. The monoisotopic (exact) mass is 416 g/mol. The van der Waals surface area contributed by atoms with Crippen molar-refractivity contribution in [2.24, 2.45) is 0 Å². The van der Waals surface area contributed by atoms with Crippen molar-refractivity contribution < 1.29 is 22.4 Å². The number of carbonyl (C=O) groups excluding carboxylic acids is 2. The standard InChI is InChI=1S/C19H17FN4O4S/c20-14-6-8-15(9-7-14)29(27,28)23-12-17(25)22-11-18(26)24-16-5-1-3-13-4-2-10-21-19(13)16/h1-10,23H,11-12H2,(H,22,25)(H,24,26). The van der Waals surface area contributed by atoms with E-state index in [1.807, 2.05) is 12.1 Å². The molecule has 0 fully saturated rings. The Morgan fingerprint density at radius 3 is 2.41 bits per heavy atom. The Morgan fingerprint density at radius 2 is 1.66 bits per heavy atom. The maximum Gasteiger partial charge on any atom is 0.243 e. The molecule has 3 aromatic rings. The molecular formula is C19H17FN4O4S. The molecule has 3 rings (SSSR count). The summed E-state index contributed by atoms with van der Waals surface area (Å²) in [6, 6.07) is 13.1. The minimum Gasteiger partial charge on any atom is -0.346 e. The highest BCUT2D eigenvalue weighted by molar-refractivity contribution is 7.89. The van der Waals surface area contributed by atoms with E-state index in [1.54, 1.807) is 24.4 Å². The maximum absolute atomic E-state index is 12.9. The van der Waals surface area contributed by atoms with E-state index < -0.39 is 34.2 Å². The molecular weight excluding hydrogens is 399 g/mol. The lowest BCUT2D eigenvalue weighted by molar-refractivity contribution is -0.123. The van der Waals surface area contributed by atoms with Gasteiger partial charge in [-0.05, 0) is 36.4 Å². The quantitative estimate of drug-likeness (QED) is 0.538. The smallest absolute Gasteiger partial charge is 0.243 e. The second kappa shape index (κ2) is 8.76. The number of benzene rings is 2. The molecule has 1 aromatic heterocycles. The first kappa shape index (κ1) is 20.4. The number of aromatic nitrogens is 1. The lowest BCUT2D eigenvalue weighted by Gasteiger charge is -2.10. The second-order valence-electron chi connectivity index (χ2n) is 5.98. The molecule has 2 amide bonds. The number of para-hydroxylation sites is 1. The number of amides is 2. The van der Waals surface area contributed by atoms with Crippen LogP contribution in [0.4, 0.5) is 10.1 Å². The van der Waals surface area contributed by atoms with E-state index in [-0.39, 0.29) is 11.4 Å². The van der Waals surface area contributed by atoms with Gasteiger partial charge in [0.2, 0.25) is 21.8 Å². The molecule has 0 spiro atoms. The minimum absolute atomic E-state index is 0.173. The number of rotatable bonds is 7. The van der Waals surface area contributed by atoms with Gasteiger partial charge in [-0.25, -0.2) is 17.5 Å². The summed E-state index contributed by atoms with van der Waals surface area (Å²) >= 11 is 0. The largest absolute Gasteiger partial charge is 0.346 e. The van der Waals surface area contributed by atoms with Crippen LogP contribution in [0.5, 0.6) is 0 Å². The second-order valence-corrected chi connectivity index (χ2v) is 7.75. The number of pyridine rings is 1. The van der Waals surface area contributed by atoms with Crippen LogP contribution in [0.15, 0.2) is 65.7 Å². The zero-order valence-electron chi connectivity index (χ0n) is 15.1. The number of anilines is 1. The molecule has 29 heavy (non-hydrogen) atoms. The van der Waals surface area contributed by atoms with E-state index >= 15 is 0 Å². The van der Waals surface area contributed by atoms with Gasteiger partial charge in [-0.1, -0.05) is 18.2 Å². The zero-order chi connectivity index (χ0) is 20.9. The first-order valence-corrected chi connectivity index (χ1v) is 9.99. The Hall–Kier alpha value is -3.37. The number of halogens is 1. The van der Waals surface area contributed by atoms with Crippen LogP contribution in [-0.2, 0) is 19.6 Å². The fraction of sp³-hybridized carbons (Fsp3) is 0.105. The van der Waals surface area contributed by atoms with Crippen LogP contribution in [0.25, 0.3) is 10.9 Å². The van der Waals surface area contributed by atoms with Gasteiger partial charge in [0.15, 0.2) is 0 Å². The number of nitrogens with zero attached hydrogens (tertiary/aromatic N) is 1. The van der Waals surface area contributed by atoms with Gasteiger partial charge < -0.3 is 10.6 Å². The van der Waals surface area contributed by atoms with E-state index in [2.05, 4.69) is 20.3 Å². The van der Waals surface area contributed by atoms with Crippen molar-refractivity contribution in [3.05, 3.63) is 66.6 Å². The SMILES string of the molecule is O=C(CNS(=O)(=O)c1ccc(F)cc1)NCC(=O)Nc1cccc2cccnc12. The number of hydrogen-bond donors (Lipinski definition) is 3. The third kappa shape index (κ3) is 5.33. The van der Waals surface area contributed by atoms with Crippen molar-refractivity contribution in [1.29, 1.82) is 0 Å². The van der Waals surface area contributed by atoms with Crippen LogP contribution >= 0.6 is 0 Å². The first-order chi connectivity index (χ1) is 13.8.